The van der Waals surface area contributed by atoms with Crippen LogP contribution in [0.3, 0.4) is 0 Å². The van der Waals surface area contributed by atoms with E-state index in [4.69, 9.17) is 0 Å². The Morgan fingerprint density at radius 2 is 1.50 bits per heavy atom. The van der Waals surface area contributed by atoms with Gasteiger partial charge in [-0.1, -0.05) is 60.1 Å². The van der Waals surface area contributed by atoms with Crippen LogP contribution >= 0.6 is 0 Å². The van der Waals surface area contributed by atoms with Crippen molar-refractivity contribution in [2.75, 3.05) is 0 Å². The summed E-state index contributed by atoms with van der Waals surface area (Å²) in [7, 11) is 0. The third-order valence-electron chi connectivity index (χ3n) is 12.0. The molecule has 1 heteroatoms. The van der Waals surface area contributed by atoms with Crippen molar-refractivity contribution in [1.29, 1.82) is 0 Å². The lowest BCUT2D eigenvalue weighted by molar-refractivity contribution is -0.169. The van der Waals surface area contributed by atoms with Gasteiger partial charge in [-0.2, -0.15) is 0 Å². The fourth-order valence-corrected chi connectivity index (χ4v) is 10.00. The molecule has 0 saturated heterocycles. The zero-order chi connectivity index (χ0) is 21.7. The maximum absolute atomic E-state index is 12.8. The maximum Gasteiger partial charge on any atom is 0.138 e. The van der Waals surface area contributed by atoms with Gasteiger partial charge in [-0.05, 0) is 103 Å². The summed E-state index contributed by atoms with van der Waals surface area (Å²) in [5.41, 5.74) is 3.57. The molecule has 5 rings (SSSR count). The lowest BCUT2D eigenvalue weighted by Crippen LogP contribution is -2.61. The summed E-state index contributed by atoms with van der Waals surface area (Å²) in [6.45, 7) is 17.4. The van der Waals surface area contributed by atoms with E-state index in [2.05, 4.69) is 54.5 Å². The van der Waals surface area contributed by atoms with Crippen LogP contribution in [0.1, 0.15) is 113 Å². The molecule has 0 bridgehead atoms. The van der Waals surface area contributed by atoms with Gasteiger partial charge in [0.15, 0.2) is 0 Å². The first-order chi connectivity index (χ1) is 13.8. The third-order valence-corrected chi connectivity index (χ3v) is 12.0. The lowest BCUT2D eigenvalue weighted by Gasteiger charge is -2.67. The average molecular weight is 411 g/mol. The van der Waals surface area contributed by atoms with Crippen LogP contribution in [0, 0.1) is 50.7 Å². The van der Waals surface area contributed by atoms with Crippen molar-refractivity contribution < 1.29 is 4.79 Å². The fourth-order valence-electron chi connectivity index (χ4n) is 10.00. The Bertz CT molecular complexity index is 786. The van der Waals surface area contributed by atoms with Gasteiger partial charge in [0.1, 0.15) is 5.78 Å². The highest BCUT2D eigenvalue weighted by Gasteiger charge is 2.64. The third kappa shape index (κ3) is 2.68. The molecule has 0 aromatic heterocycles. The topological polar surface area (TPSA) is 17.1 Å². The first-order valence-electron chi connectivity index (χ1n) is 13.1. The number of carbonyl (C=O) groups excluding carboxylic acids is 1. The summed E-state index contributed by atoms with van der Waals surface area (Å²) in [5.74, 6) is 3.46. The first-order valence-corrected chi connectivity index (χ1v) is 13.1. The molecule has 0 radical (unpaired) electrons. The molecule has 5 aliphatic rings. The summed E-state index contributed by atoms with van der Waals surface area (Å²) in [6, 6.07) is 0. The molecule has 0 N–H and O–H groups in total. The SMILES string of the molecule is CC1(C)CCC2(C)CCC3C(=CCC4C5(C)CCC(=O)C(C)(C)C5CC[C@@]34C)C2C1. The molecular formula is C29H46O. The Balaban J connectivity index is 1.53. The van der Waals surface area contributed by atoms with Gasteiger partial charge >= 0.3 is 0 Å². The summed E-state index contributed by atoms with van der Waals surface area (Å²) in [4.78, 5) is 12.8. The van der Waals surface area contributed by atoms with Gasteiger partial charge in [0.05, 0.1) is 0 Å². The van der Waals surface area contributed by atoms with E-state index in [1.54, 1.807) is 0 Å². The van der Waals surface area contributed by atoms with Crippen LogP contribution in [0.4, 0.5) is 0 Å². The largest absolute Gasteiger partial charge is 0.299 e. The van der Waals surface area contributed by atoms with Crippen LogP contribution < -0.4 is 0 Å². The molecule has 0 spiro atoms. The molecule has 4 saturated carbocycles. The predicted octanol–water partition coefficient (Wildman–Crippen LogP) is 7.99. The maximum atomic E-state index is 12.8. The Hall–Kier alpha value is -0.590. The molecule has 0 aromatic carbocycles. The Kier molecular flexibility index (Phi) is 4.43. The van der Waals surface area contributed by atoms with E-state index in [1.165, 1.54) is 51.4 Å². The van der Waals surface area contributed by atoms with E-state index in [0.717, 1.165) is 30.6 Å². The van der Waals surface area contributed by atoms with E-state index >= 15 is 0 Å². The molecule has 0 heterocycles. The van der Waals surface area contributed by atoms with E-state index in [0.29, 0.717) is 33.4 Å². The van der Waals surface area contributed by atoms with Crippen LogP contribution in [-0.4, -0.2) is 5.78 Å². The predicted molar refractivity (Wildman–Crippen MR) is 125 cm³/mol. The van der Waals surface area contributed by atoms with E-state index in [1.807, 2.05) is 5.57 Å². The van der Waals surface area contributed by atoms with Gasteiger partial charge < -0.3 is 0 Å². The number of allylic oxidation sites excluding steroid dienone is 2. The smallest absolute Gasteiger partial charge is 0.138 e. The number of ketones is 1. The van der Waals surface area contributed by atoms with Crippen LogP contribution in [0.2, 0.25) is 0 Å². The molecule has 0 aromatic rings. The first kappa shape index (κ1) is 21.3. The number of Topliss-reactive ketones (excluding diaryl/α,β-unsaturated/α-hetero) is 1. The van der Waals surface area contributed by atoms with Crippen LogP contribution in [0.25, 0.3) is 0 Å². The normalized spacial score (nSPS) is 51.7. The van der Waals surface area contributed by atoms with Gasteiger partial charge in [0.2, 0.25) is 0 Å². The highest BCUT2D eigenvalue weighted by Crippen LogP contribution is 2.71. The second-order valence-corrected chi connectivity index (χ2v) is 14.4. The second-order valence-electron chi connectivity index (χ2n) is 14.4. The van der Waals surface area contributed by atoms with Gasteiger partial charge in [0.25, 0.3) is 0 Å². The zero-order valence-electron chi connectivity index (χ0n) is 20.9. The molecule has 6 unspecified atom stereocenters. The molecule has 0 aliphatic heterocycles. The Labute approximate surface area is 185 Å². The van der Waals surface area contributed by atoms with Gasteiger partial charge in [-0.25, -0.2) is 0 Å². The molecule has 1 nitrogen and oxygen atoms in total. The van der Waals surface area contributed by atoms with Gasteiger partial charge in [0, 0.05) is 11.8 Å². The highest BCUT2D eigenvalue weighted by atomic mass is 16.1. The number of rotatable bonds is 0. The number of fused-ring (bicyclic) bond motifs is 7. The van der Waals surface area contributed by atoms with Crippen molar-refractivity contribution in [3.8, 4) is 0 Å². The van der Waals surface area contributed by atoms with Crippen molar-refractivity contribution in [3.05, 3.63) is 11.6 Å². The van der Waals surface area contributed by atoms with Crippen LogP contribution in [0.15, 0.2) is 11.6 Å². The van der Waals surface area contributed by atoms with Crippen molar-refractivity contribution in [2.24, 2.45) is 50.7 Å². The molecule has 4 fully saturated rings. The molecule has 5 aliphatic carbocycles. The number of carbonyl (C=O) groups is 1. The van der Waals surface area contributed by atoms with Crippen LogP contribution in [0.5, 0.6) is 0 Å². The molecule has 168 valence electrons. The summed E-state index contributed by atoms with van der Waals surface area (Å²) >= 11 is 0. The summed E-state index contributed by atoms with van der Waals surface area (Å²) in [5, 5.41) is 0. The van der Waals surface area contributed by atoms with Gasteiger partial charge in [-0.3, -0.25) is 4.79 Å². The second kappa shape index (κ2) is 6.26. The molecule has 0 amide bonds. The fraction of sp³-hybridized carbons (Fsp3) is 0.897. The van der Waals surface area contributed by atoms with Crippen molar-refractivity contribution in [1.82, 2.24) is 0 Å². The standard InChI is InChI=1S/C29H46O/c1-25(2)16-17-27(5)13-10-20-19(21(27)18-25)8-9-23-28(20,6)14-11-22-26(3,4)24(30)12-15-29(22,23)7/h8,20-23H,9-18H2,1-7H3/t20?,21?,22?,23?,27?,28-,29?/m0/s1. The zero-order valence-corrected chi connectivity index (χ0v) is 20.9. The minimum absolute atomic E-state index is 0.128. The van der Waals surface area contributed by atoms with E-state index < -0.39 is 0 Å². The van der Waals surface area contributed by atoms with E-state index in [-0.39, 0.29) is 5.41 Å². The summed E-state index contributed by atoms with van der Waals surface area (Å²) < 4.78 is 0. The Morgan fingerprint density at radius 3 is 2.23 bits per heavy atom. The van der Waals surface area contributed by atoms with Crippen LogP contribution in [-0.2, 0) is 4.79 Å². The van der Waals surface area contributed by atoms with Gasteiger partial charge in [-0.15, -0.1) is 0 Å². The van der Waals surface area contributed by atoms with Crippen molar-refractivity contribution in [3.63, 3.8) is 0 Å². The number of hydrogen-bond acceptors (Lipinski definition) is 1. The minimum Gasteiger partial charge on any atom is -0.299 e. The average Bonchev–Trinajstić information content (AvgIpc) is 2.65. The highest BCUT2D eigenvalue weighted by molar-refractivity contribution is 5.85. The number of hydrogen-bond donors (Lipinski definition) is 0. The van der Waals surface area contributed by atoms with Crippen molar-refractivity contribution >= 4 is 5.78 Å². The monoisotopic (exact) mass is 410 g/mol. The minimum atomic E-state index is -0.128. The summed E-state index contributed by atoms with van der Waals surface area (Å²) in [6.07, 6.45) is 15.6. The van der Waals surface area contributed by atoms with E-state index in [9.17, 15) is 4.79 Å². The molecular weight excluding hydrogens is 364 g/mol. The molecule has 7 atom stereocenters. The Morgan fingerprint density at radius 1 is 0.767 bits per heavy atom. The quantitative estimate of drug-likeness (QED) is 0.370. The molecule has 30 heavy (non-hydrogen) atoms. The van der Waals surface area contributed by atoms with Crippen molar-refractivity contribution in [2.45, 2.75) is 113 Å². The lowest BCUT2D eigenvalue weighted by atomic mass is 9.37.